The first kappa shape index (κ1) is 16.0. The first-order chi connectivity index (χ1) is 11.6. The van der Waals surface area contributed by atoms with E-state index in [4.69, 9.17) is 5.73 Å². The highest BCUT2D eigenvalue weighted by Crippen LogP contribution is 2.13. The van der Waals surface area contributed by atoms with Crippen LogP contribution in [0.2, 0.25) is 0 Å². The summed E-state index contributed by atoms with van der Waals surface area (Å²) in [7, 11) is 1.62. The molecular weight excluding hydrogens is 298 g/mol. The molecule has 2 aromatic carbocycles. The second-order valence-electron chi connectivity index (χ2n) is 5.99. The molecule has 122 valence electrons. The Morgan fingerprint density at radius 2 is 1.58 bits per heavy atom. The van der Waals surface area contributed by atoms with Gasteiger partial charge in [0.05, 0.1) is 5.69 Å². The van der Waals surface area contributed by atoms with Gasteiger partial charge >= 0.3 is 0 Å². The highest BCUT2D eigenvalue weighted by molar-refractivity contribution is 5.30. The van der Waals surface area contributed by atoms with E-state index >= 15 is 0 Å². The molecule has 0 spiro atoms. The minimum atomic E-state index is -0.127. The van der Waals surface area contributed by atoms with Crippen LogP contribution < -0.4 is 11.3 Å². The highest BCUT2D eigenvalue weighted by Gasteiger charge is 2.05. The summed E-state index contributed by atoms with van der Waals surface area (Å²) < 4.78 is 1.35. The lowest BCUT2D eigenvalue weighted by Gasteiger charge is -2.07. The van der Waals surface area contributed by atoms with Crippen molar-refractivity contribution in [2.24, 2.45) is 7.05 Å². The van der Waals surface area contributed by atoms with Crippen LogP contribution in [0.1, 0.15) is 22.4 Å². The predicted molar refractivity (Wildman–Crippen MR) is 97.0 cm³/mol. The first-order valence-electron chi connectivity index (χ1n) is 8.06. The maximum Gasteiger partial charge on any atom is 0.254 e. The van der Waals surface area contributed by atoms with Crippen molar-refractivity contribution in [3.63, 3.8) is 0 Å². The Kier molecular flexibility index (Phi) is 4.75. The number of rotatable bonds is 5. The number of nitrogen functional groups attached to an aromatic ring is 1. The number of benzene rings is 2. The van der Waals surface area contributed by atoms with Gasteiger partial charge in [0.2, 0.25) is 5.95 Å². The average molecular weight is 319 g/mol. The summed E-state index contributed by atoms with van der Waals surface area (Å²) in [5, 5.41) is 0. The second-order valence-corrected chi connectivity index (χ2v) is 5.99. The van der Waals surface area contributed by atoms with E-state index in [2.05, 4.69) is 53.5 Å². The van der Waals surface area contributed by atoms with Crippen LogP contribution in [-0.2, 0) is 26.3 Å². The summed E-state index contributed by atoms with van der Waals surface area (Å²) in [5.74, 6) is 0.248. The van der Waals surface area contributed by atoms with E-state index in [1.165, 1.54) is 15.7 Å². The molecule has 1 aromatic heterocycles. The molecule has 0 saturated carbocycles. The van der Waals surface area contributed by atoms with Crippen LogP contribution in [-0.4, -0.2) is 9.55 Å². The Balaban J connectivity index is 1.72. The van der Waals surface area contributed by atoms with Gasteiger partial charge in [0.25, 0.3) is 5.56 Å². The number of aromatic nitrogens is 2. The van der Waals surface area contributed by atoms with Gasteiger partial charge in [0, 0.05) is 19.5 Å². The van der Waals surface area contributed by atoms with E-state index in [0.29, 0.717) is 12.1 Å². The van der Waals surface area contributed by atoms with Gasteiger partial charge < -0.3 is 5.73 Å². The average Bonchev–Trinajstić information content (AvgIpc) is 2.59. The van der Waals surface area contributed by atoms with Crippen molar-refractivity contribution in [2.75, 3.05) is 5.73 Å². The summed E-state index contributed by atoms with van der Waals surface area (Å²) in [6, 6.07) is 20.4. The maximum absolute atomic E-state index is 11.8. The molecule has 0 aliphatic carbocycles. The normalized spacial score (nSPS) is 10.7. The molecule has 0 radical (unpaired) electrons. The monoisotopic (exact) mass is 319 g/mol. The molecule has 0 bridgehead atoms. The number of aryl methyl sites for hydroxylation is 2. The van der Waals surface area contributed by atoms with Crippen LogP contribution in [0.3, 0.4) is 0 Å². The van der Waals surface area contributed by atoms with Gasteiger partial charge in [-0.3, -0.25) is 9.36 Å². The fraction of sp³-hybridized carbons (Fsp3) is 0.200. The van der Waals surface area contributed by atoms with Crippen LogP contribution in [0.4, 0.5) is 5.95 Å². The molecule has 24 heavy (non-hydrogen) atoms. The lowest BCUT2D eigenvalue weighted by molar-refractivity contribution is 0.824. The Bertz CT molecular complexity index is 885. The van der Waals surface area contributed by atoms with Gasteiger partial charge in [-0.2, -0.15) is 0 Å². The quantitative estimate of drug-likeness (QED) is 0.786. The minimum absolute atomic E-state index is 0.127. The summed E-state index contributed by atoms with van der Waals surface area (Å²) in [6.07, 6.45) is 2.62. The fourth-order valence-corrected chi connectivity index (χ4v) is 2.73. The third-order valence-electron chi connectivity index (χ3n) is 4.14. The standard InChI is InChI=1S/C20H21N3O/c1-23-19(24)14-18(22-20(23)21)13-17-9-5-8-16(12-17)11-10-15-6-3-2-4-7-15/h2-9,12,14H,10-11,13H2,1H3,(H2,21,22). The summed E-state index contributed by atoms with van der Waals surface area (Å²) in [6.45, 7) is 0. The molecule has 2 N–H and O–H groups in total. The number of hydrogen-bond acceptors (Lipinski definition) is 3. The number of anilines is 1. The molecule has 3 aromatic rings. The Morgan fingerprint density at radius 1 is 0.917 bits per heavy atom. The van der Waals surface area contributed by atoms with E-state index in [1.54, 1.807) is 13.1 Å². The van der Waals surface area contributed by atoms with E-state index in [0.717, 1.165) is 18.4 Å². The number of hydrogen-bond donors (Lipinski definition) is 1. The van der Waals surface area contributed by atoms with Gasteiger partial charge in [0.1, 0.15) is 0 Å². The topological polar surface area (TPSA) is 60.9 Å². The summed E-state index contributed by atoms with van der Waals surface area (Å²) in [4.78, 5) is 16.1. The van der Waals surface area contributed by atoms with Crippen molar-refractivity contribution in [2.45, 2.75) is 19.3 Å². The maximum atomic E-state index is 11.8. The number of nitrogens with zero attached hydrogens (tertiary/aromatic N) is 2. The number of nitrogens with two attached hydrogens (primary N) is 1. The third kappa shape index (κ3) is 3.90. The van der Waals surface area contributed by atoms with Crippen molar-refractivity contribution < 1.29 is 0 Å². The zero-order chi connectivity index (χ0) is 16.9. The van der Waals surface area contributed by atoms with Gasteiger partial charge in [-0.05, 0) is 29.5 Å². The summed E-state index contributed by atoms with van der Waals surface area (Å²) in [5.41, 5.74) is 10.1. The fourth-order valence-electron chi connectivity index (χ4n) is 2.73. The van der Waals surface area contributed by atoms with E-state index < -0.39 is 0 Å². The van der Waals surface area contributed by atoms with Gasteiger partial charge in [0.15, 0.2) is 0 Å². The van der Waals surface area contributed by atoms with E-state index in [-0.39, 0.29) is 11.5 Å². The second kappa shape index (κ2) is 7.13. The van der Waals surface area contributed by atoms with E-state index in [9.17, 15) is 4.79 Å². The lowest BCUT2D eigenvalue weighted by atomic mass is 10.0. The smallest absolute Gasteiger partial charge is 0.254 e. The molecule has 0 aliphatic heterocycles. The molecule has 4 nitrogen and oxygen atoms in total. The predicted octanol–water partition coefficient (Wildman–Crippen LogP) is 2.74. The zero-order valence-corrected chi connectivity index (χ0v) is 13.8. The van der Waals surface area contributed by atoms with Crippen LogP contribution in [0.25, 0.3) is 0 Å². The minimum Gasteiger partial charge on any atom is -0.369 e. The van der Waals surface area contributed by atoms with Crippen molar-refractivity contribution in [3.05, 3.63) is 93.4 Å². The Morgan fingerprint density at radius 3 is 2.33 bits per heavy atom. The molecular formula is C20H21N3O. The van der Waals surface area contributed by atoms with Crippen molar-refractivity contribution in [1.29, 1.82) is 0 Å². The largest absolute Gasteiger partial charge is 0.369 e. The van der Waals surface area contributed by atoms with E-state index in [1.807, 2.05) is 6.07 Å². The highest BCUT2D eigenvalue weighted by atomic mass is 16.1. The molecule has 0 saturated heterocycles. The van der Waals surface area contributed by atoms with Crippen molar-refractivity contribution in [1.82, 2.24) is 9.55 Å². The van der Waals surface area contributed by atoms with Crippen molar-refractivity contribution in [3.8, 4) is 0 Å². The van der Waals surface area contributed by atoms with Crippen LogP contribution in [0.5, 0.6) is 0 Å². The molecule has 0 unspecified atom stereocenters. The van der Waals surface area contributed by atoms with Gasteiger partial charge in [-0.15, -0.1) is 0 Å². The molecule has 3 rings (SSSR count). The molecule has 4 heteroatoms. The lowest BCUT2D eigenvalue weighted by Crippen LogP contribution is -2.21. The van der Waals surface area contributed by atoms with Crippen LogP contribution >= 0.6 is 0 Å². The molecule has 0 fully saturated rings. The van der Waals surface area contributed by atoms with Crippen LogP contribution in [0.15, 0.2) is 65.5 Å². The molecule has 0 atom stereocenters. The van der Waals surface area contributed by atoms with Crippen molar-refractivity contribution >= 4 is 5.95 Å². The SMILES string of the molecule is Cn1c(N)nc(Cc2cccc(CCc3ccccc3)c2)cc1=O. The molecule has 0 aliphatic rings. The molecule has 1 heterocycles. The Hall–Kier alpha value is -2.88. The third-order valence-corrected chi connectivity index (χ3v) is 4.14. The van der Waals surface area contributed by atoms with Crippen LogP contribution in [0, 0.1) is 0 Å². The first-order valence-corrected chi connectivity index (χ1v) is 8.06. The van der Waals surface area contributed by atoms with Gasteiger partial charge in [-0.25, -0.2) is 4.98 Å². The van der Waals surface area contributed by atoms with Gasteiger partial charge in [-0.1, -0.05) is 54.6 Å². The zero-order valence-electron chi connectivity index (χ0n) is 13.8. The Labute approximate surface area is 141 Å². The summed E-state index contributed by atoms with van der Waals surface area (Å²) >= 11 is 0. The molecule has 0 amide bonds.